The van der Waals surface area contributed by atoms with Crippen molar-refractivity contribution in [2.45, 2.75) is 58.9 Å². The summed E-state index contributed by atoms with van der Waals surface area (Å²) < 4.78 is 5.22. The summed E-state index contributed by atoms with van der Waals surface area (Å²) in [6.45, 7) is 7.61. The van der Waals surface area contributed by atoms with Crippen LogP contribution in [-0.2, 0) is 9.53 Å². The van der Waals surface area contributed by atoms with Gasteiger partial charge >= 0.3 is 5.97 Å². The summed E-state index contributed by atoms with van der Waals surface area (Å²) in [6, 6.07) is 6.20. The van der Waals surface area contributed by atoms with Crippen LogP contribution < -0.4 is 5.32 Å². The molecule has 0 spiro atoms. The van der Waals surface area contributed by atoms with Gasteiger partial charge in [-0.3, -0.25) is 4.79 Å². The van der Waals surface area contributed by atoms with E-state index in [9.17, 15) is 9.59 Å². The highest BCUT2D eigenvalue weighted by molar-refractivity contribution is 5.93. The molecule has 3 atom stereocenters. The summed E-state index contributed by atoms with van der Waals surface area (Å²) >= 11 is 0. The summed E-state index contributed by atoms with van der Waals surface area (Å²) in [6.07, 6.45) is 3.60. The van der Waals surface area contributed by atoms with Crippen molar-refractivity contribution >= 4 is 17.4 Å². The van der Waals surface area contributed by atoms with Crippen LogP contribution >= 0.6 is 0 Å². The van der Waals surface area contributed by atoms with Crippen LogP contribution in [0.3, 0.4) is 0 Å². The van der Waals surface area contributed by atoms with E-state index in [1.165, 1.54) is 18.4 Å². The summed E-state index contributed by atoms with van der Waals surface area (Å²) in [5.74, 6) is 0.717. The smallest absolute Gasteiger partial charge is 0.338 e. The number of hydrogen-bond acceptors (Lipinski definition) is 4. The van der Waals surface area contributed by atoms with Gasteiger partial charge in [-0.05, 0) is 48.9 Å². The van der Waals surface area contributed by atoms with E-state index in [2.05, 4.69) is 12.2 Å². The van der Waals surface area contributed by atoms with Gasteiger partial charge in [0.15, 0.2) is 12.4 Å². The Kier molecular flexibility index (Phi) is 4.41. The maximum Gasteiger partial charge on any atom is 0.338 e. The van der Waals surface area contributed by atoms with Crippen LogP contribution in [0.5, 0.6) is 0 Å². The lowest BCUT2D eigenvalue weighted by molar-refractivity contribution is -0.129. The van der Waals surface area contributed by atoms with Crippen molar-refractivity contribution in [3.63, 3.8) is 0 Å². The molecule has 1 N–H and O–H groups in total. The van der Waals surface area contributed by atoms with Gasteiger partial charge in [-0.25, -0.2) is 4.79 Å². The number of carbonyl (C=O) groups excluding carboxylic acids is 2. The predicted octanol–water partition coefficient (Wildman–Crippen LogP) is 4.16. The molecule has 130 valence electrons. The first kappa shape index (κ1) is 17.0. The zero-order valence-electron chi connectivity index (χ0n) is 15.0. The maximum atomic E-state index is 12.3. The van der Waals surface area contributed by atoms with Gasteiger partial charge in [0.05, 0.1) is 5.56 Å². The molecule has 4 heteroatoms. The average molecular weight is 329 g/mol. The van der Waals surface area contributed by atoms with E-state index in [0.717, 1.165) is 18.0 Å². The first-order chi connectivity index (χ1) is 11.3. The molecule has 4 nitrogen and oxygen atoms in total. The number of carbonyl (C=O) groups is 2. The Balaban J connectivity index is 1.71. The minimum absolute atomic E-state index is 0.0696. The van der Waals surface area contributed by atoms with Crippen molar-refractivity contribution < 1.29 is 14.3 Å². The largest absolute Gasteiger partial charge is 0.454 e. The fourth-order valence-electron chi connectivity index (χ4n) is 3.66. The standard InChI is InChI=1S/C20H27NO3/c1-12-5-7-16-14(9-12)15-10-13(6-8-17(15)21-16)19(23)24-11-18(22)20(2,3)4/h6,8,10,12,14,16,21H,5,7,9,11H2,1-4H3. The summed E-state index contributed by atoms with van der Waals surface area (Å²) in [4.78, 5) is 24.2. The van der Waals surface area contributed by atoms with E-state index in [0.29, 0.717) is 17.5 Å². The molecule has 1 saturated carbocycles. The second kappa shape index (κ2) is 6.23. The third kappa shape index (κ3) is 3.33. The van der Waals surface area contributed by atoms with Gasteiger partial charge in [-0.2, -0.15) is 0 Å². The molecule has 1 aromatic carbocycles. The SMILES string of the molecule is CC1CCC2Nc3ccc(C(=O)OCC(=O)C(C)(C)C)cc3C2C1. The number of fused-ring (bicyclic) bond motifs is 3. The number of esters is 1. The van der Waals surface area contributed by atoms with Gasteiger partial charge in [0.2, 0.25) is 0 Å². The molecule has 3 rings (SSSR count). The molecule has 3 unspecified atom stereocenters. The lowest BCUT2D eigenvalue weighted by Gasteiger charge is -2.30. The van der Waals surface area contributed by atoms with E-state index < -0.39 is 11.4 Å². The molecule has 0 radical (unpaired) electrons. The molecule has 0 amide bonds. The highest BCUT2D eigenvalue weighted by atomic mass is 16.5. The Morgan fingerprint density at radius 2 is 2.00 bits per heavy atom. The third-order valence-electron chi connectivity index (χ3n) is 5.31. The topological polar surface area (TPSA) is 55.4 Å². The number of anilines is 1. The van der Waals surface area contributed by atoms with Gasteiger partial charge in [0, 0.05) is 23.1 Å². The molecule has 2 aliphatic rings. The number of ketones is 1. The van der Waals surface area contributed by atoms with Crippen LogP contribution in [0.15, 0.2) is 18.2 Å². The van der Waals surface area contributed by atoms with Crippen molar-refractivity contribution in [2.24, 2.45) is 11.3 Å². The summed E-state index contributed by atoms with van der Waals surface area (Å²) in [5.41, 5.74) is 2.41. The first-order valence-corrected chi connectivity index (χ1v) is 8.86. The van der Waals surface area contributed by atoms with E-state index in [1.54, 1.807) is 6.07 Å². The van der Waals surface area contributed by atoms with Crippen LogP contribution in [0.1, 0.15) is 68.8 Å². The Bertz CT molecular complexity index is 659. The number of nitrogens with one attached hydrogen (secondary N) is 1. The molecule has 1 aromatic rings. The van der Waals surface area contributed by atoms with Crippen molar-refractivity contribution in [3.05, 3.63) is 29.3 Å². The van der Waals surface area contributed by atoms with E-state index >= 15 is 0 Å². The van der Waals surface area contributed by atoms with Crippen molar-refractivity contribution in [1.29, 1.82) is 0 Å². The minimum Gasteiger partial charge on any atom is -0.454 e. The molecular weight excluding hydrogens is 302 g/mol. The van der Waals surface area contributed by atoms with Crippen molar-refractivity contribution in [3.8, 4) is 0 Å². The lowest BCUT2D eigenvalue weighted by Crippen LogP contribution is -2.27. The van der Waals surface area contributed by atoms with Crippen LogP contribution in [0.2, 0.25) is 0 Å². The number of benzene rings is 1. The molecule has 1 aliphatic heterocycles. The summed E-state index contributed by atoms with van der Waals surface area (Å²) in [7, 11) is 0. The maximum absolute atomic E-state index is 12.3. The van der Waals surface area contributed by atoms with E-state index in [-0.39, 0.29) is 12.4 Å². The molecular formula is C20H27NO3. The second-order valence-electron chi connectivity index (χ2n) is 8.33. The second-order valence-corrected chi connectivity index (χ2v) is 8.33. The van der Waals surface area contributed by atoms with Crippen LogP contribution in [0, 0.1) is 11.3 Å². The zero-order valence-corrected chi connectivity index (χ0v) is 15.0. The minimum atomic E-state index is -0.492. The normalized spacial score (nSPS) is 25.4. The fraction of sp³-hybridized carbons (Fsp3) is 0.600. The molecule has 0 saturated heterocycles. The van der Waals surface area contributed by atoms with Crippen LogP contribution in [-0.4, -0.2) is 24.4 Å². The van der Waals surface area contributed by atoms with Crippen molar-refractivity contribution in [1.82, 2.24) is 0 Å². The number of rotatable bonds is 3. The van der Waals surface area contributed by atoms with Crippen LogP contribution in [0.25, 0.3) is 0 Å². The van der Waals surface area contributed by atoms with Gasteiger partial charge in [0.1, 0.15) is 0 Å². The molecule has 1 fully saturated rings. The monoisotopic (exact) mass is 329 g/mol. The van der Waals surface area contributed by atoms with E-state index in [1.807, 2.05) is 32.9 Å². The fourth-order valence-corrected chi connectivity index (χ4v) is 3.66. The third-order valence-corrected chi connectivity index (χ3v) is 5.31. The predicted molar refractivity (Wildman–Crippen MR) is 94.4 cm³/mol. The van der Waals surface area contributed by atoms with E-state index in [4.69, 9.17) is 4.74 Å². The Morgan fingerprint density at radius 3 is 2.71 bits per heavy atom. The van der Waals surface area contributed by atoms with Gasteiger partial charge in [-0.1, -0.05) is 27.7 Å². The quantitative estimate of drug-likeness (QED) is 0.846. The van der Waals surface area contributed by atoms with Crippen LogP contribution in [0.4, 0.5) is 5.69 Å². The van der Waals surface area contributed by atoms with Gasteiger partial charge in [0.25, 0.3) is 0 Å². The zero-order chi connectivity index (χ0) is 17.5. The number of ether oxygens (including phenoxy) is 1. The van der Waals surface area contributed by atoms with Crippen molar-refractivity contribution in [2.75, 3.05) is 11.9 Å². The molecule has 1 heterocycles. The van der Waals surface area contributed by atoms with Gasteiger partial charge < -0.3 is 10.1 Å². The highest BCUT2D eigenvalue weighted by Gasteiger charge is 2.36. The number of Topliss-reactive ketones (excluding diaryl/α,β-unsaturated/α-hetero) is 1. The first-order valence-electron chi connectivity index (χ1n) is 8.86. The average Bonchev–Trinajstić information content (AvgIpc) is 2.88. The molecule has 0 bridgehead atoms. The lowest BCUT2D eigenvalue weighted by atomic mass is 9.77. The molecule has 0 aromatic heterocycles. The summed E-state index contributed by atoms with van der Waals surface area (Å²) in [5, 5.41) is 3.59. The molecule has 24 heavy (non-hydrogen) atoms. The Labute approximate surface area is 144 Å². The molecule has 1 aliphatic carbocycles. The number of hydrogen-bond donors (Lipinski definition) is 1. The Morgan fingerprint density at radius 1 is 1.25 bits per heavy atom. The Hall–Kier alpha value is -1.84. The van der Waals surface area contributed by atoms with Gasteiger partial charge in [-0.15, -0.1) is 0 Å². The highest BCUT2D eigenvalue weighted by Crippen LogP contribution is 2.45.